The molecule has 0 radical (unpaired) electrons. The van der Waals surface area contributed by atoms with Crippen LogP contribution in [-0.4, -0.2) is 62.7 Å². The van der Waals surface area contributed by atoms with E-state index >= 15 is 0 Å². The molecule has 12 heteroatoms. The maximum atomic E-state index is 12.7. The molecule has 0 aliphatic heterocycles. The van der Waals surface area contributed by atoms with Crippen LogP contribution in [0.1, 0.15) is 23.2 Å². The number of nitrogens with zero attached hydrogens (tertiary/aromatic N) is 2. The Kier molecular flexibility index (Phi) is 6.81. The average molecular weight is 523 g/mol. The van der Waals surface area contributed by atoms with E-state index in [0.29, 0.717) is 22.0 Å². The molecule has 1 saturated carbocycles. The Morgan fingerprint density at radius 1 is 1.18 bits per heavy atom. The first kappa shape index (κ1) is 24.4. The highest BCUT2D eigenvalue weighted by molar-refractivity contribution is 7.90. The van der Waals surface area contributed by atoms with Crippen LogP contribution < -0.4 is 15.4 Å². The number of hydrogen-bond acceptors (Lipinski definition) is 8. The molecule has 180 valence electrons. The fraction of sp³-hybridized carbons (Fsp3) is 0.318. The molecule has 1 heterocycles. The number of imide groups is 1. The van der Waals surface area contributed by atoms with Gasteiger partial charge in [-0.3, -0.25) is 15.4 Å². The van der Waals surface area contributed by atoms with Crippen molar-refractivity contribution >= 4 is 60.1 Å². The van der Waals surface area contributed by atoms with Crippen molar-refractivity contribution < 1.29 is 22.7 Å². The number of fused-ring (bicyclic) bond motifs is 1. The van der Waals surface area contributed by atoms with Gasteiger partial charge in [-0.05, 0) is 63.3 Å². The predicted octanol–water partition coefficient (Wildman–Crippen LogP) is 3.79. The average Bonchev–Trinajstić information content (AvgIpc) is 3.11. The minimum absolute atomic E-state index is 0.0648. The summed E-state index contributed by atoms with van der Waals surface area (Å²) in [6, 6.07) is 8.94. The fourth-order valence-corrected chi connectivity index (χ4v) is 5.31. The number of anilines is 1. The van der Waals surface area contributed by atoms with Crippen LogP contribution in [0.25, 0.3) is 10.2 Å². The highest BCUT2D eigenvalue weighted by Gasteiger charge is 2.32. The Labute approximate surface area is 206 Å². The Morgan fingerprint density at radius 2 is 1.91 bits per heavy atom. The van der Waals surface area contributed by atoms with Crippen molar-refractivity contribution in [2.24, 2.45) is 0 Å². The summed E-state index contributed by atoms with van der Waals surface area (Å²) in [7, 11) is 0.686. The molecule has 2 aromatic carbocycles. The number of carbonyl (C=O) groups excluding carboxylic acids is 2. The predicted molar refractivity (Wildman–Crippen MR) is 132 cm³/mol. The van der Waals surface area contributed by atoms with Crippen LogP contribution in [0.4, 0.5) is 9.93 Å². The zero-order valence-electron chi connectivity index (χ0n) is 18.7. The SMILES string of the molecule is CN(C)C1CC(Oc2ccc(Cl)c(C(=O)NC(=O)Nc3nc4ccc(S(C)(=O)=O)cc4s3)c2)C1. The van der Waals surface area contributed by atoms with E-state index in [2.05, 4.69) is 20.5 Å². The summed E-state index contributed by atoms with van der Waals surface area (Å²) in [5.41, 5.74) is 0.638. The van der Waals surface area contributed by atoms with E-state index in [1.165, 1.54) is 18.2 Å². The minimum Gasteiger partial charge on any atom is -0.490 e. The maximum absolute atomic E-state index is 12.7. The standard InChI is InChI=1S/C22H23ClN4O5S2/c1-27(2)12-8-14(9-12)32-13-4-6-17(23)16(10-13)20(28)25-21(29)26-22-24-18-7-5-15(34(3,30)31)11-19(18)33-22/h4-7,10-12,14H,8-9H2,1-3H3,(H2,24,25,26,28,29). The number of thiazole rings is 1. The van der Waals surface area contributed by atoms with Crippen molar-refractivity contribution in [1.29, 1.82) is 0 Å². The van der Waals surface area contributed by atoms with Gasteiger partial charge in [0.05, 0.1) is 25.7 Å². The third-order valence-corrected chi connectivity index (χ3v) is 7.89. The summed E-state index contributed by atoms with van der Waals surface area (Å²) in [4.78, 5) is 31.6. The summed E-state index contributed by atoms with van der Waals surface area (Å²) in [5.74, 6) is -0.182. The largest absolute Gasteiger partial charge is 0.490 e. The zero-order chi connectivity index (χ0) is 24.6. The van der Waals surface area contributed by atoms with Gasteiger partial charge in [0.15, 0.2) is 15.0 Å². The monoisotopic (exact) mass is 522 g/mol. The van der Waals surface area contributed by atoms with E-state index < -0.39 is 21.8 Å². The van der Waals surface area contributed by atoms with E-state index in [1.807, 2.05) is 14.1 Å². The molecule has 3 amide bonds. The number of rotatable bonds is 6. The van der Waals surface area contributed by atoms with Crippen molar-refractivity contribution in [1.82, 2.24) is 15.2 Å². The van der Waals surface area contributed by atoms with E-state index in [9.17, 15) is 18.0 Å². The van der Waals surface area contributed by atoms with Crippen LogP contribution in [0.5, 0.6) is 5.75 Å². The van der Waals surface area contributed by atoms with E-state index in [0.717, 1.165) is 30.4 Å². The molecule has 1 aromatic heterocycles. The zero-order valence-corrected chi connectivity index (χ0v) is 21.1. The first-order valence-electron chi connectivity index (χ1n) is 10.3. The lowest BCUT2D eigenvalue weighted by Gasteiger charge is -2.39. The lowest BCUT2D eigenvalue weighted by atomic mass is 9.88. The first-order valence-corrected chi connectivity index (χ1v) is 13.4. The van der Waals surface area contributed by atoms with Crippen molar-refractivity contribution in [2.75, 3.05) is 25.7 Å². The molecule has 0 unspecified atom stereocenters. The Morgan fingerprint density at radius 3 is 2.59 bits per heavy atom. The Bertz CT molecular complexity index is 1370. The molecule has 0 spiro atoms. The van der Waals surface area contributed by atoms with Crippen LogP contribution in [-0.2, 0) is 9.84 Å². The van der Waals surface area contributed by atoms with Crippen LogP contribution in [0.3, 0.4) is 0 Å². The Hall–Kier alpha value is -2.73. The van der Waals surface area contributed by atoms with Crippen LogP contribution in [0.2, 0.25) is 5.02 Å². The molecule has 4 rings (SSSR count). The number of amides is 3. The number of ether oxygens (including phenoxy) is 1. The number of benzene rings is 2. The second-order valence-corrected chi connectivity index (χ2v) is 11.8. The number of hydrogen-bond donors (Lipinski definition) is 2. The summed E-state index contributed by atoms with van der Waals surface area (Å²) < 4.78 is 30.0. The van der Waals surface area contributed by atoms with Gasteiger partial charge >= 0.3 is 6.03 Å². The quantitative estimate of drug-likeness (QED) is 0.505. The molecule has 3 aromatic rings. The van der Waals surface area contributed by atoms with Crippen LogP contribution in [0, 0.1) is 0 Å². The van der Waals surface area contributed by atoms with Crippen molar-refractivity contribution in [2.45, 2.75) is 29.9 Å². The summed E-state index contributed by atoms with van der Waals surface area (Å²) in [5, 5.41) is 5.13. The number of urea groups is 1. The van der Waals surface area contributed by atoms with E-state index in [1.54, 1.807) is 18.2 Å². The molecule has 9 nitrogen and oxygen atoms in total. The molecule has 34 heavy (non-hydrogen) atoms. The first-order chi connectivity index (χ1) is 16.0. The van der Waals surface area contributed by atoms with Crippen LogP contribution >= 0.6 is 22.9 Å². The van der Waals surface area contributed by atoms with Crippen molar-refractivity contribution in [3.8, 4) is 5.75 Å². The van der Waals surface area contributed by atoms with Gasteiger partial charge in [-0.1, -0.05) is 22.9 Å². The number of nitrogens with one attached hydrogen (secondary N) is 2. The number of aromatic nitrogens is 1. The lowest BCUT2D eigenvalue weighted by Crippen LogP contribution is -2.46. The molecule has 0 bridgehead atoms. The van der Waals surface area contributed by atoms with E-state index in [4.69, 9.17) is 16.3 Å². The minimum atomic E-state index is -3.37. The second kappa shape index (κ2) is 9.49. The lowest BCUT2D eigenvalue weighted by molar-refractivity contribution is 0.0400. The number of carbonyl (C=O) groups is 2. The highest BCUT2D eigenvalue weighted by atomic mass is 35.5. The number of halogens is 1. The molecule has 1 aliphatic carbocycles. The molecule has 2 N–H and O–H groups in total. The number of sulfone groups is 1. The summed E-state index contributed by atoms with van der Waals surface area (Å²) in [6.45, 7) is 0. The van der Waals surface area contributed by atoms with Gasteiger partial charge in [0.1, 0.15) is 11.9 Å². The Balaban J connectivity index is 1.40. The van der Waals surface area contributed by atoms with Gasteiger partial charge in [0.2, 0.25) is 0 Å². The molecular weight excluding hydrogens is 500 g/mol. The normalized spacial score (nSPS) is 17.9. The van der Waals surface area contributed by atoms with Gasteiger partial charge in [-0.2, -0.15) is 0 Å². The van der Waals surface area contributed by atoms with Gasteiger partial charge in [-0.25, -0.2) is 18.2 Å². The maximum Gasteiger partial charge on any atom is 0.327 e. The fourth-order valence-electron chi connectivity index (χ4n) is 3.49. The molecular formula is C22H23ClN4O5S2. The third kappa shape index (κ3) is 5.49. The van der Waals surface area contributed by atoms with Crippen molar-refractivity contribution in [3.05, 3.63) is 47.0 Å². The topological polar surface area (TPSA) is 118 Å². The summed E-state index contributed by atoms with van der Waals surface area (Å²) >= 11 is 7.27. The van der Waals surface area contributed by atoms with Crippen LogP contribution in [0.15, 0.2) is 41.3 Å². The van der Waals surface area contributed by atoms with Gasteiger partial charge in [0, 0.05) is 12.3 Å². The molecule has 1 aliphatic rings. The molecule has 0 saturated heterocycles. The second-order valence-electron chi connectivity index (χ2n) is 8.30. The molecule has 1 fully saturated rings. The van der Waals surface area contributed by atoms with Gasteiger partial charge in [0.25, 0.3) is 5.91 Å². The van der Waals surface area contributed by atoms with E-state index in [-0.39, 0.29) is 26.7 Å². The smallest absolute Gasteiger partial charge is 0.327 e. The van der Waals surface area contributed by atoms with Gasteiger partial charge < -0.3 is 9.64 Å². The summed E-state index contributed by atoms with van der Waals surface area (Å²) in [6.07, 6.45) is 2.97. The molecule has 0 atom stereocenters. The highest BCUT2D eigenvalue weighted by Crippen LogP contribution is 2.31. The van der Waals surface area contributed by atoms with Gasteiger partial charge in [-0.15, -0.1) is 0 Å². The van der Waals surface area contributed by atoms with Crippen molar-refractivity contribution in [3.63, 3.8) is 0 Å². The third-order valence-electron chi connectivity index (χ3n) is 5.52.